The molecule has 0 aromatic carbocycles. The van der Waals surface area contributed by atoms with E-state index in [9.17, 15) is 19.8 Å². The maximum absolute atomic E-state index is 13.2. The largest absolute Gasteiger partial charge is 0.462 e. The van der Waals surface area contributed by atoms with Gasteiger partial charge in [0.1, 0.15) is 6.10 Å². The zero-order valence-corrected chi connectivity index (χ0v) is 39.7. The van der Waals surface area contributed by atoms with Crippen LogP contribution in [-0.4, -0.2) is 46.9 Å². The molecule has 0 aliphatic carbocycles. The quantitative estimate of drug-likeness (QED) is 0.0322. The van der Waals surface area contributed by atoms with Gasteiger partial charge in [-0.1, -0.05) is 238 Å². The molecule has 0 rings (SSSR count). The van der Waals surface area contributed by atoms with Crippen molar-refractivity contribution in [2.24, 2.45) is 0 Å². The second-order valence-corrected chi connectivity index (χ2v) is 18.0. The second-order valence-electron chi connectivity index (χ2n) is 18.0. The van der Waals surface area contributed by atoms with Crippen molar-refractivity contribution >= 4 is 11.9 Å². The SMILES string of the molecule is CCCCC/C=C/C=C/CCCCCCC(CC(=O)NC(CO)C(O)CCCCCCCCCCCCCCCCC)OC(=O)CCCCCCCCCCCCCC. The predicted octanol–water partition coefficient (Wildman–Crippen LogP) is 15.5. The Hall–Kier alpha value is -1.66. The Morgan fingerprint density at radius 3 is 1.29 bits per heavy atom. The lowest BCUT2D eigenvalue weighted by molar-refractivity contribution is -0.151. The van der Waals surface area contributed by atoms with E-state index < -0.39 is 18.2 Å². The van der Waals surface area contributed by atoms with Gasteiger partial charge in [-0.3, -0.25) is 9.59 Å². The highest BCUT2D eigenvalue weighted by atomic mass is 16.5. The van der Waals surface area contributed by atoms with Gasteiger partial charge >= 0.3 is 5.97 Å². The van der Waals surface area contributed by atoms with Crippen molar-refractivity contribution in [3.8, 4) is 0 Å². The van der Waals surface area contributed by atoms with Gasteiger partial charge in [0.05, 0.1) is 25.2 Å². The minimum atomic E-state index is -0.789. The number of carbonyl (C=O) groups is 2. The van der Waals surface area contributed by atoms with Crippen LogP contribution in [-0.2, 0) is 14.3 Å². The number of aliphatic hydroxyl groups excluding tert-OH is 2. The Balaban J connectivity index is 4.54. The van der Waals surface area contributed by atoms with Gasteiger partial charge in [0.15, 0.2) is 0 Å². The summed E-state index contributed by atoms with van der Waals surface area (Å²) < 4.78 is 5.92. The summed E-state index contributed by atoms with van der Waals surface area (Å²) in [6.45, 7) is 6.46. The molecule has 0 aromatic rings. The second kappa shape index (κ2) is 47.4. The number of esters is 1. The van der Waals surface area contributed by atoms with Crippen molar-refractivity contribution in [2.75, 3.05) is 6.61 Å². The smallest absolute Gasteiger partial charge is 0.306 e. The molecular weight excluding hydrogens is 731 g/mol. The molecule has 3 unspecified atom stereocenters. The van der Waals surface area contributed by atoms with E-state index in [0.717, 1.165) is 70.6 Å². The molecule has 348 valence electrons. The summed E-state index contributed by atoms with van der Waals surface area (Å²) in [4.78, 5) is 26.1. The first kappa shape index (κ1) is 57.3. The van der Waals surface area contributed by atoms with Gasteiger partial charge in [0.25, 0.3) is 0 Å². The van der Waals surface area contributed by atoms with Gasteiger partial charge in [0, 0.05) is 6.42 Å². The number of hydrogen-bond acceptors (Lipinski definition) is 5. The Morgan fingerprint density at radius 2 is 0.847 bits per heavy atom. The number of ether oxygens (including phenoxy) is 1. The summed E-state index contributed by atoms with van der Waals surface area (Å²) in [6.07, 6.45) is 53.8. The fourth-order valence-corrected chi connectivity index (χ4v) is 8.07. The summed E-state index contributed by atoms with van der Waals surface area (Å²) in [5.41, 5.74) is 0. The molecule has 6 heteroatoms. The highest BCUT2D eigenvalue weighted by Crippen LogP contribution is 2.18. The molecule has 1 amide bonds. The van der Waals surface area contributed by atoms with Gasteiger partial charge in [-0.25, -0.2) is 0 Å². The summed E-state index contributed by atoms with van der Waals surface area (Å²) in [5, 5.41) is 23.8. The van der Waals surface area contributed by atoms with Crippen LogP contribution in [0.4, 0.5) is 0 Å². The molecule has 59 heavy (non-hydrogen) atoms. The van der Waals surface area contributed by atoms with E-state index in [0.29, 0.717) is 19.3 Å². The maximum Gasteiger partial charge on any atom is 0.306 e. The summed E-state index contributed by atoms with van der Waals surface area (Å²) in [5.74, 6) is -0.481. The van der Waals surface area contributed by atoms with Gasteiger partial charge in [-0.05, 0) is 51.4 Å². The normalized spacial score (nSPS) is 13.4. The maximum atomic E-state index is 13.2. The first-order valence-electron chi connectivity index (χ1n) is 26.1. The van der Waals surface area contributed by atoms with Crippen molar-refractivity contribution in [1.82, 2.24) is 5.32 Å². The van der Waals surface area contributed by atoms with Gasteiger partial charge in [-0.2, -0.15) is 0 Å². The van der Waals surface area contributed by atoms with Crippen LogP contribution in [0.25, 0.3) is 0 Å². The van der Waals surface area contributed by atoms with Crippen LogP contribution in [0.15, 0.2) is 24.3 Å². The molecule has 0 fully saturated rings. The van der Waals surface area contributed by atoms with E-state index in [-0.39, 0.29) is 24.9 Å². The predicted molar refractivity (Wildman–Crippen MR) is 255 cm³/mol. The van der Waals surface area contributed by atoms with Crippen LogP contribution in [0.3, 0.4) is 0 Å². The minimum absolute atomic E-state index is 0.0691. The number of nitrogens with one attached hydrogen (secondary N) is 1. The highest BCUT2D eigenvalue weighted by Gasteiger charge is 2.24. The Kier molecular flexibility index (Phi) is 46.1. The lowest BCUT2D eigenvalue weighted by Gasteiger charge is -2.24. The summed E-state index contributed by atoms with van der Waals surface area (Å²) in [7, 11) is 0. The lowest BCUT2D eigenvalue weighted by atomic mass is 10.0. The average Bonchev–Trinajstić information content (AvgIpc) is 3.23. The third-order valence-electron chi connectivity index (χ3n) is 12.1. The number of allylic oxidation sites excluding steroid dienone is 4. The van der Waals surface area contributed by atoms with Crippen molar-refractivity contribution in [1.29, 1.82) is 0 Å². The molecule has 0 heterocycles. The molecule has 0 saturated heterocycles. The fourth-order valence-electron chi connectivity index (χ4n) is 8.07. The van der Waals surface area contributed by atoms with Crippen LogP contribution in [0.5, 0.6) is 0 Å². The number of aliphatic hydroxyl groups is 2. The third kappa shape index (κ3) is 42.8. The molecule has 6 nitrogen and oxygen atoms in total. The summed E-state index contributed by atoms with van der Waals surface area (Å²) >= 11 is 0. The Bertz CT molecular complexity index is 935. The number of rotatable bonds is 47. The van der Waals surface area contributed by atoms with E-state index in [1.165, 1.54) is 161 Å². The van der Waals surface area contributed by atoms with E-state index >= 15 is 0 Å². The summed E-state index contributed by atoms with van der Waals surface area (Å²) in [6, 6.07) is -0.703. The fraction of sp³-hybridized carbons (Fsp3) is 0.887. The van der Waals surface area contributed by atoms with E-state index in [4.69, 9.17) is 4.74 Å². The topological polar surface area (TPSA) is 95.9 Å². The van der Waals surface area contributed by atoms with Crippen molar-refractivity contribution in [2.45, 2.75) is 296 Å². The monoisotopic (exact) mass is 832 g/mol. The van der Waals surface area contributed by atoms with Crippen LogP contribution < -0.4 is 5.32 Å². The lowest BCUT2D eigenvalue weighted by Crippen LogP contribution is -2.46. The van der Waals surface area contributed by atoms with Crippen molar-refractivity contribution in [3.05, 3.63) is 24.3 Å². The molecule has 0 aliphatic rings. The third-order valence-corrected chi connectivity index (χ3v) is 12.1. The molecule has 3 atom stereocenters. The molecular formula is C53H101NO5. The van der Waals surface area contributed by atoms with Gasteiger partial charge in [0.2, 0.25) is 5.91 Å². The minimum Gasteiger partial charge on any atom is -0.462 e. The number of unbranched alkanes of at least 4 members (excludes halogenated alkanes) is 32. The van der Waals surface area contributed by atoms with Crippen LogP contribution in [0, 0.1) is 0 Å². The van der Waals surface area contributed by atoms with Gasteiger partial charge in [-0.15, -0.1) is 0 Å². The van der Waals surface area contributed by atoms with Crippen molar-refractivity contribution in [3.63, 3.8) is 0 Å². The first-order chi connectivity index (χ1) is 29.0. The van der Waals surface area contributed by atoms with Crippen LogP contribution >= 0.6 is 0 Å². The Labute approximate surface area is 367 Å². The number of carbonyl (C=O) groups excluding carboxylic acids is 2. The van der Waals surface area contributed by atoms with Gasteiger partial charge < -0.3 is 20.3 Å². The molecule has 0 saturated carbocycles. The molecule has 3 N–H and O–H groups in total. The standard InChI is InChI=1S/C53H101NO5/c1-4-7-10-13-16-19-22-25-26-28-30-33-36-39-42-45-51(56)50(48-55)54-52(57)47-49(44-41-38-35-32-29-27-23-20-17-14-11-8-5-2)59-53(58)46-43-40-37-34-31-24-21-18-15-12-9-6-3/h17,20,23,27,49-51,55-56H,4-16,18-19,21-22,24-26,28-48H2,1-3H3,(H,54,57)/b20-17+,27-23+. The molecule has 0 aromatic heterocycles. The first-order valence-corrected chi connectivity index (χ1v) is 26.1. The van der Waals surface area contributed by atoms with Crippen LogP contribution in [0.2, 0.25) is 0 Å². The number of amides is 1. The van der Waals surface area contributed by atoms with E-state index in [1.807, 2.05) is 0 Å². The molecule has 0 aliphatic heterocycles. The van der Waals surface area contributed by atoms with Crippen molar-refractivity contribution < 1.29 is 24.5 Å². The number of hydrogen-bond donors (Lipinski definition) is 3. The molecule has 0 radical (unpaired) electrons. The van der Waals surface area contributed by atoms with E-state index in [1.54, 1.807) is 0 Å². The highest BCUT2D eigenvalue weighted by molar-refractivity contribution is 5.77. The average molecular weight is 832 g/mol. The molecule has 0 bridgehead atoms. The molecule has 0 spiro atoms. The zero-order valence-electron chi connectivity index (χ0n) is 39.7. The Morgan fingerprint density at radius 1 is 0.492 bits per heavy atom. The van der Waals surface area contributed by atoms with Crippen LogP contribution in [0.1, 0.15) is 278 Å². The van der Waals surface area contributed by atoms with E-state index in [2.05, 4.69) is 50.4 Å². The zero-order chi connectivity index (χ0) is 43.1.